The summed E-state index contributed by atoms with van der Waals surface area (Å²) in [7, 11) is 3.00. The molecule has 0 unspecified atom stereocenters. The van der Waals surface area contributed by atoms with Gasteiger partial charge in [-0.2, -0.15) is 0 Å². The smallest absolute Gasteiger partial charge is 0.277 e. The topological polar surface area (TPSA) is 60.9 Å². The number of hydrogen-bond donors (Lipinski definition) is 1. The fraction of sp³-hybridized carbons (Fsp3) is 0.167. The molecule has 0 aromatic heterocycles. The number of halogens is 2. The molecule has 2 amide bonds. The molecule has 19 heavy (non-hydrogen) atoms. The lowest BCUT2D eigenvalue weighted by molar-refractivity contribution is -0.141. The van der Waals surface area contributed by atoms with Gasteiger partial charge in [-0.25, -0.2) is 0 Å². The van der Waals surface area contributed by atoms with E-state index >= 15 is 0 Å². The van der Waals surface area contributed by atoms with Crippen LogP contribution in [-0.2, 0) is 9.59 Å². The highest BCUT2D eigenvalue weighted by molar-refractivity contribution is 6.37. The van der Waals surface area contributed by atoms with Crippen molar-refractivity contribution in [1.29, 1.82) is 0 Å². The van der Waals surface area contributed by atoms with E-state index in [9.17, 15) is 14.7 Å². The minimum absolute atomic E-state index is 0.0165. The number of rotatable bonds is 1. The number of benzene rings is 1. The second kappa shape index (κ2) is 4.75. The Balaban J connectivity index is 2.48. The van der Waals surface area contributed by atoms with Crippen molar-refractivity contribution in [2.24, 2.45) is 0 Å². The highest BCUT2D eigenvalue weighted by Crippen LogP contribution is 2.33. The summed E-state index contributed by atoms with van der Waals surface area (Å²) in [6, 6.07) is 2.85. The highest BCUT2D eigenvalue weighted by Gasteiger charge is 2.35. The molecule has 1 heterocycles. The van der Waals surface area contributed by atoms with Gasteiger partial charge in [-0.3, -0.25) is 19.6 Å². The number of hydrazine groups is 1. The predicted octanol–water partition coefficient (Wildman–Crippen LogP) is 1.93. The van der Waals surface area contributed by atoms with Gasteiger partial charge in [0.15, 0.2) is 5.75 Å². The first-order valence-electron chi connectivity index (χ1n) is 5.28. The zero-order valence-corrected chi connectivity index (χ0v) is 11.7. The highest BCUT2D eigenvalue weighted by atomic mass is 35.5. The number of phenolic OH excluding ortho intramolecular Hbond substituents is 1. The maximum absolute atomic E-state index is 11.8. The molecule has 5 nitrogen and oxygen atoms in total. The van der Waals surface area contributed by atoms with Gasteiger partial charge in [0, 0.05) is 14.1 Å². The van der Waals surface area contributed by atoms with E-state index in [0.717, 1.165) is 0 Å². The summed E-state index contributed by atoms with van der Waals surface area (Å²) < 4.78 is 0. The fourth-order valence-electron chi connectivity index (χ4n) is 1.67. The van der Waals surface area contributed by atoms with E-state index in [2.05, 4.69) is 0 Å². The fourth-order valence-corrected chi connectivity index (χ4v) is 2.18. The number of amides is 2. The first-order chi connectivity index (χ1) is 8.82. The third-order valence-corrected chi connectivity index (χ3v) is 3.43. The van der Waals surface area contributed by atoms with Crippen LogP contribution in [0.1, 0.15) is 5.56 Å². The summed E-state index contributed by atoms with van der Waals surface area (Å²) in [5, 5.41) is 12.0. The molecular formula is C12H10Cl2N2O3. The zero-order chi connectivity index (χ0) is 14.3. The van der Waals surface area contributed by atoms with Crippen molar-refractivity contribution < 1.29 is 14.7 Å². The molecule has 1 aliphatic rings. The number of likely N-dealkylation sites (N-methyl/N-ethyl adjacent to an activating group) is 2. The van der Waals surface area contributed by atoms with Gasteiger partial charge >= 0.3 is 0 Å². The molecule has 1 saturated heterocycles. The molecule has 0 spiro atoms. The molecule has 1 N–H and O–H groups in total. The quantitative estimate of drug-likeness (QED) is 0.637. The SMILES string of the molecule is CN1C(=O)C(=Cc2cc(Cl)c(O)c(Cl)c2)C(=O)N1C. The number of carbonyl (C=O) groups excluding carboxylic acids is 2. The maximum Gasteiger partial charge on any atom is 0.277 e. The van der Waals surface area contributed by atoms with Crippen molar-refractivity contribution >= 4 is 41.1 Å². The minimum atomic E-state index is -0.409. The van der Waals surface area contributed by atoms with Crippen molar-refractivity contribution in [3.63, 3.8) is 0 Å². The third-order valence-electron chi connectivity index (χ3n) is 2.85. The van der Waals surface area contributed by atoms with Crippen LogP contribution in [0.25, 0.3) is 6.08 Å². The Morgan fingerprint density at radius 1 is 1.05 bits per heavy atom. The summed E-state index contributed by atoms with van der Waals surface area (Å²) >= 11 is 11.6. The lowest BCUT2D eigenvalue weighted by Crippen LogP contribution is -2.33. The molecule has 0 atom stereocenters. The van der Waals surface area contributed by atoms with Crippen molar-refractivity contribution in [2.75, 3.05) is 14.1 Å². The van der Waals surface area contributed by atoms with Gasteiger partial charge in [0.1, 0.15) is 5.57 Å². The number of hydrogen-bond acceptors (Lipinski definition) is 3. The Hall–Kier alpha value is -1.72. The summed E-state index contributed by atoms with van der Waals surface area (Å²) in [5.74, 6) is -1.05. The van der Waals surface area contributed by atoms with Crippen LogP contribution in [0.2, 0.25) is 10.0 Å². The monoisotopic (exact) mass is 300 g/mol. The van der Waals surface area contributed by atoms with Gasteiger partial charge in [0.25, 0.3) is 11.8 Å². The lowest BCUT2D eigenvalue weighted by Gasteiger charge is -2.16. The Labute approximate surface area is 119 Å². The molecular weight excluding hydrogens is 291 g/mol. The predicted molar refractivity (Wildman–Crippen MR) is 71.6 cm³/mol. The van der Waals surface area contributed by atoms with E-state index in [1.807, 2.05) is 0 Å². The van der Waals surface area contributed by atoms with Crippen molar-refractivity contribution in [2.45, 2.75) is 0 Å². The number of aromatic hydroxyl groups is 1. The first-order valence-corrected chi connectivity index (χ1v) is 6.04. The number of nitrogens with zero attached hydrogens (tertiary/aromatic N) is 2. The number of phenols is 1. The van der Waals surface area contributed by atoms with Gasteiger partial charge in [-0.1, -0.05) is 23.2 Å². The summed E-state index contributed by atoms with van der Waals surface area (Å²) in [4.78, 5) is 23.7. The van der Waals surface area contributed by atoms with E-state index in [0.29, 0.717) is 5.56 Å². The molecule has 0 bridgehead atoms. The molecule has 0 aliphatic carbocycles. The Morgan fingerprint density at radius 2 is 1.47 bits per heavy atom. The van der Waals surface area contributed by atoms with E-state index in [1.165, 1.54) is 42.3 Å². The van der Waals surface area contributed by atoms with Gasteiger partial charge < -0.3 is 5.11 Å². The van der Waals surface area contributed by atoms with Gasteiger partial charge in [-0.05, 0) is 23.8 Å². The summed E-state index contributed by atoms with van der Waals surface area (Å²) in [6.07, 6.45) is 1.39. The lowest BCUT2D eigenvalue weighted by atomic mass is 10.1. The molecule has 1 aliphatic heterocycles. The average molecular weight is 301 g/mol. The van der Waals surface area contributed by atoms with Gasteiger partial charge in [-0.15, -0.1) is 0 Å². The van der Waals surface area contributed by atoms with E-state index < -0.39 is 11.8 Å². The van der Waals surface area contributed by atoms with Crippen LogP contribution in [0, 0.1) is 0 Å². The van der Waals surface area contributed by atoms with Crippen LogP contribution in [-0.4, -0.2) is 41.0 Å². The second-order valence-corrected chi connectivity index (χ2v) is 4.86. The number of carbonyl (C=O) groups is 2. The van der Waals surface area contributed by atoms with Crippen LogP contribution in [0.3, 0.4) is 0 Å². The Morgan fingerprint density at radius 3 is 1.89 bits per heavy atom. The van der Waals surface area contributed by atoms with E-state index in [4.69, 9.17) is 23.2 Å². The molecule has 1 fully saturated rings. The van der Waals surface area contributed by atoms with Crippen LogP contribution in [0.5, 0.6) is 5.75 Å². The second-order valence-electron chi connectivity index (χ2n) is 4.05. The van der Waals surface area contributed by atoms with Crippen LogP contribution < -0.4 is 0 Å². The minimum Gasteiger partial charge on any atom is -0.505 e. The van der Waals surface area contributed by atoms with Crippen molar-refractivity contribution in [3.05, 3.63) is 33.3 Å². The zero-order valence-electron chi connectivity index (χ0n) is 10.1. The summed E-state index contributed by atoms with van der Waals surface area (Å²) in [5.41, 5.74) is 0.482. The van der Waals surface area contributed by atoms with Crippen LogP contribution in [0.15, 0.2) is 17.7 Å². The van der Waals surface area contributed by atoms with Crippen molar-refractivity contribution in [3.8, 4) is 5.75 Å². The molecule has 1 aromatic carbocycles. The summed E-state index contributed by atoms with van der Waals surface area (Å²) in [6.45, 7) is 0. The van der Waals surface area contributed by atoms with Gasteiger partial charge in [0.2, 0.25) is 0 Å². The molecule has 0 radical (unpaired) electrons. The standard InChI is InChI=1S/C12H10Cl2N2O3/c1-15-11(18)7(12(19)16(15)2)3-6-4-8(13)10(17)9(14)5-6/h3-5,17H,1-2H3. The molecule has 7 heteroatoms. The average Bonchev–Trinajstić information content (AvgIpc) is 2.54. The third kappa shape index (κ3) is 2.27. The molecule has 2 rings (SSSR count). The van der Waals surface area contributed by atoms with E-state index in [1.54, 1.807) is 0 Å². The molecule has 1 aromatic rings. The Bertz CT molecular complexity index is 568. The maximum atomic E-state index is 11.8. The molecule has 0 saturated carbocycles. The van der Waals surface area contributed by atoms with Crippen molar-refractivity contribution in [1.82, 2.24) is 10.0 Å². The van der Waals surface area contributed by atoms with Crippen LogP contribution >= 0.6 is 23.2 Å². The van der Waals surface area contributed by atoms with Crippen LogP contribution in [0.4, 0.5) is 0 Å². The Kier molecular flexibility index (Phi) is 3.43. The normalized spacial score (nSPS) is 15.5. The first kappa shape index (κ1) is 13.7. The van der Waals surface area contributed by atoms with E-state index in [-0.39, 0.29) is 21.4 Å². The molecule has 100 valence electrons. The largest absolute Gasteiger partial charge is 0.505 e. The van der Waals surface area contributed by atoms with Gasteiger partial charge in [0.05, 0.1) is 10.0 Å².